The lowest BCUT2D eigenvalue weighted by molar-refractivity contribution is 0.109. The molecule has 0 aliphatic rings. The van der Waals surface area contributed by atoms with E-state index in [1.54, 1.807) is 0 Å². The summed E-state index contributed by atoms with van der Waals surface area (Å²) in [5.41, 5.74) is -0.198. The summed E-state index contributed by atoms with van der Waals surface area (Å²) in [6, 6.07) is 0.742. The van der Waals surface area contributed by atoms with Crippen molar-refractivity contribution in [3.8, 4) is 0 Å². The Labute approximate surface area is 126 Å². The SMILES string of the molecule is CC(C)(CCCCCCc1cc(F)c(F)c(F)c1F)O[SiH3]. The van der Waals surface area contributed by atoms with Crippen LogP contribution in [0.3, 0.4) is 0 Å². The van der Waals surface area contributed by atoms with Gasteiger partial charge in [0.05, 0.1) is 0 Å². The predicted octanol–water partition coefficient (Wildman–Crippen LogP) is 3.81. The maximum absolute atomic E-state index is 13.4. The van der Waals surface area contributed by atoms with Crippen molar-refractivity contribution in [3.05, 3.63) is 34.9 Å². The highest BCUT2D eigenvalue weighted by Gasteiger charge is 2.18. The predicted molar refractivity (Wildman–Crippen MR) is 78.2 cm³/mol. The van der Waals surface area contributed by atoms with Gasteiger partial charge in [0.15, 0.2) is 23.3 Å². The van der Waals surface area contributed by atoms with E-state index in [2.05, 4.69) is 0 Å². The third kappa shape index (κ3) is 5.43. The molecule has 0 saturated carbocycles. The molecule has 0 radical (unpaired) electrons. The average molecular weight is 322 g/mol. The van der Waals surface area contributed by atoms with E-state index in [0.29, 0.717) is 16.9 Å². The molecule has 0 aromatic heterocycles. The fourth-order valence-corrected chi connectivity index (χ4v) is 2.33. The molecule has 0 amide bonds. The fraction of sp³-hybridized carbons (Fsp3) is 0.600. The molecule has 120 valence electrons. The van der Waals surface area contributed by atoms with Gasteiger partial charge < -0.3 is 4.43 Å². The summed E-state index contributed by atoms with van der Waals surface area (Å²) in [4.78, 5) is 0. The first-order valence-electron chi connectivity index (χ1n) is 7.15. The number of benzene rings is 1. The van der Waals surface area contributed by atoms with Gasteiger partial charge in [0.25, 0.3) is 0 Å². The van der Waals surface area contributed by atoms with Crippen LogP contribution in [-0.2, 0) is 10.8 Å². The Balaban J connectivity index is 2.37. The molecule has 6 heteroatoms. The molecule has 0 unspecified atom stereocenters. The second-order valence-corrected chi connectivity index (χ2v) is 6.25. The minimum atomic E-state index is -1.75. The van der Waals surface area contributed by atoms with Gasteiger partial charge in [-0.2, -0.15) is 0 Å². The van der Waals surface area contributed by atoms with E-state index < -0.39 is 23.3 Å². The number of hydrogen-bond acceptors (Lipinski definition) is 1. The summed E-state index contributed by atoms with van der Waals surface area (Å²) in [6.07, 6.45) is 4.54. The number of halogens is 4. The molecule has 1 nitrogen and oxygen atoms in total. The van der Waals surface area contributed by atoms with Crippen LogP contribution in [0, 0.1) is 23.3 Å². The van der Waals surface area contributed by atoms with Crippen LogP contribution in [0.15, 0.2) is 6.07 Å². The van der Waals surface area contributed by atoms with E-state index in [-0.39, 0.29) is 17.6 Å². The third-order valence-electron chi connectivity index (χ3n) is 3.71. The lowest BCUT2D eigenvalue weighted by atomic mass is 9.99. The van der Waals surface area contributed by atoms with Gasteiger partial charge in [-0.15, -0.1) is 0 Å². The molecule has 0 spiro atoms. The van der Waals surface area contributed by atoms with Gasteiger partial charge in [0.1, 0.15) is 10.5 Å². The lowest BCUT2D eigenvalue weighted by Gasteiger charge is -2.23. The Morgan fingerprint density at radius 3 is 2.19 bits per heavy atom. The van der Waals surface area contributed by atoms with E-state index in [0.717, 1.165) is 31.7 Å². The molecule has 0 bridgehead atoms. The first kappa shape index (κ1) is 18.2. The van der Waals surface area contributed by atoms with Gasteiger partial charge in [0.2, 0.25) is 0 Å². The normalized spacial score (nSPS) is 12.1. The van der Waals surface area contributed by atoms with Crippen LogP contribution < -0.4 is 0 Å². The molecule has 0 N–H and O–H groups in total. The number of aryl methyl sites for hydroxylation is 1. The summed E-state index contributed by atoms with van der Waals surface area (Å²) in [5.74, 6) is -6.09. The second kappa shape index (κ2) is 7.94. The standard InChI is InChI=1S/C15H22F4OSi/c1-15(2,20-21)8-6-4-3-5-7-10-9-11(16)13(18)14(19)12(10)17/h9H,3-8H2,1-2,21H3. The zero-order chi connectivity index (χ0) is 16.0. The molecular weight excluding hydrogens is 300 g/mol. The third-order valence-corrected chi connectivity index (χ3v) is 4.81. The van der Waals surface area contributed by atoms with Crippen molar-refractivity contribution in [2.75, 3.05) is 0 Å². The van der Waals surface area contributed by atoms with Gasteiger partial charge in [-0.3, -0.25) is 0 Å². The summed E-state index contributed by atoms with van der Waals surface area (Å²) >= 11 is 0. The van der Waals surface area contributed by atoms with E-state index in [1.807, 2.05) is 13.8 Å². The molecule has 0 atom stereocenters. The summed E-state index contributed by atoms with van der Waals surface area (Å²) in [7, 11) is 0.703. The minimum Gasteiger partial charge on any atom is -0.423 e. The highest BCUT2D eigenvalue weighted by molar-refractivity contribution is 5.98. The smallest absolute Gasteiger partial charge is 0.197 e. The van der Waals surface area contributed by atoms with Crippen molar-refractivity contribution in [2.45, 2.75) is 58.0 Å². The van der Waals surface area contributed by atoms with Gasteiger partial charge in [-0.1, -0.05) is 19.3 Å². The van der Waals surface area contributed by atoms with Crippen LogP contribution in [-0.4, -0.2) is 16.1 Å². The molecule has 0 aliphatic carbocycles. The number of unbranched alkanes of at least 4 members (excludes halogenated alkanes) is 3. The minimum absolute atomic E-state index is 0.0957. The lowest BCUT2D eigenvalue weighted by Crippen LogP contribution is -2.22. The molecular formula is C15H22F4OSi. The Morgan fingerprint density at radius 1 is 0.952 bits per heavy atom. The van der Waals surface area contributed by atoms with Crippen molar-refractivity contribution >= 4 is 10.5 Å². The van der Waals surface area contributed by atoms with Crippen molar-refractivity contribution in [2.24, 2.45) is 0 Å². The average Bonchev–Trinajstić information content (AvgIpc) is 2.45. The molecule has 1 aromatic carbocycles. The van der Waals surface area contributed by atoms with Crippen LogP contribution in [0.25, 0.3) is 0 Å². The highest BCUT2D eigenvalue weighted by atomic mass is 28.2. The van der Waals surface area contributed by atoms with Gasteiger partial charge in [-0.05, 0) is 44.7 Å². The monoisotopic (exact) mass is 322 g/mol. The Bertz CT molecular complexity index is 477. The summed E-state index contributed by atoms with van der Waals surface area (Å²) in [6.45, 7) is 4.08. The van der Waals surface area contributed by atoms with Crippen molar-refractivity contribution in [1.82, 2.24) is 0 Å². The molecule has 0 heterocycles. The largest absolute Gasteiger partial charge is 0.423 e. The van der Waals surface area contributed by atoms with Gasteiger partial charge in [-0.25, -0.2) is 17.6 Å². The summed E-state index contributed by atoms with van der Waals surface area (Å²) < 4.78 is 57.7. The Hall–Kier alpha value is -0.883. The molecule has 21 heavy (non-hydrogen) atoms. The van der Waals surface area contributed by atoms with Crippen molar-refractivity contribution in [3.63, 3.8) is 0 Å². The van der Waals surface area contributed by atoms with Crippen LogP contribution in [0.1, 0.15) is 51.5 Å². The molecule has 1 rings (SSSR count). The highest BCUT2D eigenvalue weighted by Crippen LogP contribution is 2.21. The maximum Gasteiger partial charge on any atom is 0.197 e. The molecule has 0 fully saturated rings. The van der Waals surface area contributed by atoms with E-state index in [4.69, 9.17) is 4.43 Å². The van der Waals surface area contributed by atoms with E-state index in [9.17, 15) is 17.6 Å². The van der Waals surface area contributed by atoms with Crippen molar-refractivity contribution in [1.29, 1.82) is 0 Å². The number of hydrogen-bond donors (Lipinski definition) is 0. The zero-order valence-electron chi connectivity index (χ0n) is 12.7. The van der Waals surface area contributed by atoms with Gasteiger partial charge >= 0.3 is 0 Å². The Morgan fingerprint density at radius 2 is 1.57 bits per heavy atom. The van der Waals surface area contributed by atoms with Crippen molar-refractivity contribution < 1.29 is 22.0 Å². The van der Waals surface area contributed by atoms with Crippen LogP contribution in [0.4, 0.5) is 17.6 Å². The van der Waals surface area contributed by atoms with Crippen LogP contribution in [0.5, 0.6) is 0 Å². The van der Waals surface area contributed by atoms with Crippen LogP contribution >= 0.6 is 0 Å². The van der Waals surface area contributed by atoms with E-state index in [1.165, 1.54) is 0 Å². The quantitative estimate of drug-likeness (QED) is 0.232. The Kier molecular flexibility index (Phi) is 6.87. The maximum atomic E-state index is 13.4. The summed E-state index contributed by atoms with van der Waals surface area (Å²) in [5, 5.41) is 0. The first-order valence-corrected chi connectivity index (χ1v) is 7.97. The second-order valence-electron chi connectivity index (χ2n) is 5.84. The topological polar surface area (TPSA) is 9.23 Å². The zero-order valence-corrected chi connectivity index (χ0v) is 14.7. The molecule has 1 aromatic rings. The fourth-order valence-electron chi connectivity index (χ4n) is 2.13. The van der Waals surface area contributed by atoms with Gasteiger partial charge in [0, 0.05) is 5.60 Å². The van der Waals surface area contributed by atoms with Crippen LogP contribution in [0.2, 0.25) is 0 Å². The van der Waals surface area contributed by atoms with E-state index >= 15 is 0 Å². The molecule has 0 aliphatic heterocycles. The first-order chi connectivity index (χ1) is 9.78. The molecule has 0 saturated heterocycles. The number of rotatable bonds is 8.